The molecule has 9 heteroatoms. The standard InChI is InChI=1S/C29H31Cl2N3O3S/c1-6-38(5,21-10-7-9-20(16-21)29(35)36)22-13-14-26(19(4)15-22)37-17-25-27(18(2)3)32-33-34(25)28-23(30)11-8-12-24(28)31/h7-16,18H,6,17H2,1-5H3,(H,35,36). The van der Waals surface area contributed by atoms with Crippen molar-refractivity contribution in [3.63, 3.8) is 0 Å². The summed E-state index contributed by atoms with van der Waals surface area (Å²) in [5.41, 5.74) is 3.47. The summed E-state index contributed by atoms with van der Waals surface area (Å²) in [6.45, 7) is 8.51. The van der Waals surface area contributed by atoms with Crippen molar-refractivity contribution in [3.05, 3.63) is 93.2 Å². The Morgan fingerprint density at radius 3 is 2.32 bits per heavy atom. The Morgan fingerprint density at radius 2 is 1.71 bits per heavy atom. The number of rotatable bonds is 9. The second-order valence-corrected chi connectivity index (χ2v) is 14.0. The van der Waals surface area contributed by atoms with E-state index in [2.05, 4.69) is 49.5 Å². The molecule has 0 saturated heterocycles. The molecule has 0 radical (unpaired) electrons. The van der Waals surface area contributed by atoms with Crippen LogP contribution < -0.4 is 4.74 Å². The Bertz CT molecular complexity index is 1470. The molecule has 4 rings (SSSR count). The summed E-state index contributed by atoms with van der Waals surface area (Å²) in [5, 5.41) is 19.2. The molecule has 1 N–H and O–H groups in total. The van der Waals surface area contributed by atoms with Gasteiger partial charge in [0.15, 0.2) is 0 Å². The lowest BCUT2D eigenvalue weighted by molar-refractivity contribution is 0.0696. The fourth-order valence-corrected chi connectivity index (χ4v) is 7.42. The van der Waals surface area contributed by atoms with Crippen LogP contribution >= 0.6 is 33.2 Å². The Labute approximate surface area is 234 Å². The average Bonchev–Trinajstić information content (AvgIpc) is 3.31. The first kappa shape index (κ1) is 28.0. The number of para-hydroxylation sites is 1. The van der Waals surface area contributed by atoms with Gasteiger partial charge in [-0.25, -0.2) is 9.48 Å². The summed E-state index contributed by atoms with van der Waals surface area (Å²) in [6, 6.07) is 18.8. The molecule has 0 saturated carbocycles. The van der Waals surface area contributed by atoms with E-state index in [1.807, 2.05) is 25.1 Å². The van der Waals surface area contributed by atoms with Crippen LogP contribution in [0.5, 0.6) is 5.75 Å². The molecule has 0 aliphatic rings. The van der Waals surface area contributed by atoms with Gasteiger partial charge < -0.3 is 9.84 Å². The van der Waals surface area contributed by atoms with Crippen molar-refractivity contribution in [2.75, 3.05) is 12.0 Å². The first-order valence-electron chi connectivity index (χ1n) is 12.3. The number of hydrogen-bond acceptors (Lipinski definition) is 4. The largest absolute Gasteiger partial charge is 0.487 e. The molecule has 3 aromatic carbocycles. The van der Waals surface area contributed by atoms with Crippen molar-refractivity contribution in [3.8, 4) is 11.4 Å². The van der Waals surface area contributed by atoms with Gasteiger partial charge in [-0.15, -0.1) is 5.10 Å². The molecular formula is C29H31Cl2N3O3S. The number of ether oxygens (including phenoxy) is 1. The lowest BCUT2D eigenvalue weighted by atomic mass is 10.1. The van der Waals surface area contributed by atoms with E-state index in [4.69, 9.17) is 27.9 Å². The van der Waals surface area contributed by atoms with Crippen LogP contribution in [0.3, 0.4) is 0 Å². The number of carboxylic acid groups (broad SMARTS) is 1. The van der Waals surface area contributed by atoms with Crippen LogP contribution in [-0.4, -0.2) is 38.1 Å². The molecule has 0 bridgehead atoms. The minimum atomic E-state index is -1.43. The van der Waals surface area contributed by atoms with Gasteiger partial charge in [0.25, 0.3) is 0 Å². The summed E-state index contributed by atoms with van der Waals surface area (Å²) in [5.74, 6) is 0.843. The van der Waals surface area contributed by atoms with Crippen molar-refractivity contribution < 1.29 is 14.6 Å². The first-order chi connectivity index (χ1) is 18.1. The molecule has 0 fully saturated rings. The third kappa shape index (κ3) is 5.41. The molecule has 0 amide bonds. The number of hydrogen-bond donors (Lipinski definition) is 1. The number of aromatic nitrogens is 3. The molecule has 6 nitrogen and oxygen atoms in total. The quantitative estimate of drug-likeness (QED) is 0.219. The molecule has 200 valence electrons. The number of aryl methyl sites for hydroxylation is 1. The van der Waals surface area contributed by atoms with Gasteiger partial charge in [-0.3, -0.25) is 0 Å². The molecule has 0 aliphatic carbocycles. The maximum Gasteiger partial charge on any atom is 0.335 e. The summed E-state index contributed by atoms with van der Waals surface area (Å²) in [7, 11) is -1.43. The third-order valence-corrected chi connectivity index (χ3v) is 11.1. The average molecular weight is 573 g/mol. The van der Waals surface area contributed by atoms with Crippen LogP contribution in [0.4, 0.5) is 0 Å². The van der Waals surface area contributed by atoms with Crippen molar-refractivity contribution in [1.82, 2.24) is 15.0 Å². The van der Waals surface area contributed by atoms with E-state index < -0.39 is 16.0 Å². The smallest absolute Gasteiger partial charge is 0.335 e. The molecule has 1 atom stereocenters. The fourth-order valence-electron chi connectivity index (χ4n) is 4.36. The van der Waals surface area contributed by atoms with Crippen molar-refractivity contribution in [1.29, 1.82) is 0 Å². The van der Waals surface area contributed by atoms with Gasteiger partial charge in [0, 0.05) is 0 Å². The number of halogens is 2. The second kappa shape index (κ2) is 11.4. The molecule has 1 heterocycles. The van der Waals surface area contributed by atoms with Gasteiger partial charge in [0.1, 0.15) is 23.7 Å². The van der Waals surface area contributed by atoms with Crippen LogP contribution in [0, 0.1) is 6.92 Å². The summed E-state index contributed by atoms with van der Waals surface area (Å²) < 4.78 is 7.98. The summed E-state index contributed by atoms with van der Waals surface area (Å²) in [6.07, 6.45) is 2.22. The summed E-state index contributed by atoms with van der Waals surface area (Å²) >= 11 is 12.9. The highest BCUT2D eigenvalue weighted by atomic mass is 35.5. The zero-order valence-corrected chi connectivity index (χ0v) is 24.4. The molecule has 0 aliphatic heterocycles. The maximum atomic E-state index is 11.6. The summed E-state index contributed by atoms with van der Waals surface area (Å²) in [4.78, 5) is 13.8. The predicted molar refractivity (Wildman–Crippen MR) is 155 cm³/mol. The topological polar surface area (TPSA) is 77.2 Å². The Kier molecular flexibility index (Phi) is 8.40. The van der Waals surface area contributed by atoms with Gasteiger partial charge in [-0.05, 0) is 88.7 Å². The Balaban J connectivity index is 1.66. The normalized spacial score (nSPS) is 13.8. The molecule has 1 unspecified atom stereocenters. The number of nitrogens with zero attached hydrogens (tertiary/aromatic N) is 3. The molecule has 1 aromatic heterocycles. The van der Waals surface area contributed by atoms with E-state index in [0.29, 0.717) is 21.3 Å². The van der Waals surface area contributed by atoms with Gasteiger partial charge >= 0.3 is 5.97 Å². The van der Waals surface area contributed by atoms with Gasteiger partial charge in [0.2, 0.25) is 0 Å². The highest BCUT2D eigenvalue weighted by Crippen LogP contribution is 2.59. The highest BCUT2D eigenvalue weighted by Gasteiger charge is 2.24. The van der Waals surface area contributed by atoms with Gasteiger partial charge in [-0.1, -0.05) is 61.3 Å². The zero-order valence-electron chi connectivity index (χ0n) is 22.0. The van der Waals surface area contributed by atoms with E-state index in [1.54, 1.807) is 35.0 Å². The van der Waals surface area contributed by atoms with Crippen molar-refractivity contribution in [2.24, 2.45) is 0 Å². The monoisotopic (exact) mass is 571 g/mol. The molecule has 0 spiro atoms. The minimum Gasteiger partial charge on any atom is -0.487 e. The molecule has 38 heavy (non-hydrogen) atoms. The molecular weight excluding hydrogens is 541 g/mol. The minimum absolute atomic E-state index is 0.127. The van der Waals surface area contributed by atoms with Crippen LogP contribution in [0.25, 0.3) is 5.69 Å². The number of carboxylic acids is 1. The van der Waals surface area contributed by atoms with Crippen molar-refractivity contribution >= 4 is 39.2 Å². The van der Waals surface area contributed by atoms with E-state index >= 15 is 0 Å². The van der Waals surface area contributed by atoms with Crippen LogP contribution in [0.2, 0.25) is 10.0 Å². The Morgan fingerprint density at radius 1 is 1.05 bits per heavy atom. The van der Waals surface area contributed by atoms with E-state index in [0.717, 1.165) is 33.3 Å². The number of carbonyl (C=O) groups is 1. The third-order valence-electron chi connectivity index (χ3n) is 6.70. The maximum absolute atomic E-state index is 11.6. The van der Waals surface area contributed by atoms with E-state index in [9.17, 15) is 9.90 Å². The van der Waals surface area contributed by atoms with Crippen molar-refractivity contribution in [2.45, 2.75) is 50.0 Å². The van der Waals surface area contributed by atoms with Crippen LogP contribution in [0.1, 0.15) is 54.0 Å². The lowest BCUT2D eigenvalue weighted by Gasteiger charge is -2.36. The van der Waals surface area contributed by atoms with E-state index in [-0.39, 0.29) is 12.5 Å². The van der Waals surface area contributed by atoms with Crippen LogP contribution in [-0.2, 0) is 6.61 Å². The predicted octanol–water partition coefficient (Wildman–Crippen LogP) is 8.16. The second-order valence-electron chi connectivity index (χ2n) is 9.48. The van der Waals surface area contributed by atoms with Gasteiger partial charge in [-0.2, -0.15) is 10.0 Å². The lowest BCUT2D eigenvalue weighted by Crippen LogP contribution is -2.10. The fraction of sp³-hybridized carbons (Fsp3) is 0.276. The number of benzene rings is 3. The zero-order chi connectivity index (χ0) is 27.6. The first-order valence-corrected chi connectivity index (χ1v) is 15.2. The number of aromatic carboxylic acids is 1. The highest BCUT2D eigenvalue weighted by molar-refractivity contribution is 8.33. The van der Waals surface area contributed by atoms with Gasteiger partial charge in [0.05, 0.1) is 21.3 Å². The Hall–Kier alpha value is -3.00. The SMILES string of the molecule is CCS(C)(c1cccc(C(=O)O)c1)c1ccc(OCc2c(C(C)C)nnn2-c2c(Cl)cccc2Cl)c(C)c1. The van der Waals surface area contributed by atoms with E-state index in [1.165, 1.54) is 4.90 Å². The van der Waals surface area contributed by atoms with Crippen LogP contribution in [0.15, 0.2) is 70.5 Å². The molecule has 4 aromatic rings.